The lowest BCUT2D eigenvalue weighted by atomic mass is 10.0. The van der Waals surface area contributed by atoms with Crippen LogP contribution in [-0.2, 0) is 19.4 Å². The van der Waals surface area contributed by atoms with Crippen molar-refractivity contribution in [2.45, 2.75) is 31.9 Å². The summed E-state index contributed by atoms with van der Waals surface area (Å²) in [4.78, 5) is 18.6. The van der Waals surface area contributed by atoms with Gasteiger partial charge in [0.15, 0.2) is 15.8 Å². The number of halogens is 1. The Morgan fingerprint density at radius 2 is 2.10 bits per heavy atom. The molecule has 1 amide bonds. The minimum absolute atomic E-state index is 0. The first-order chi connectivity index (χ1) is 13.9. The predicted octanol–water partition coefficient (Wildman–Crippen LogP) is 1.26. The first-order valence-electron chi connectivity index (χ1n) is 10.0. The van der Waals surface area contributed by atoms with Crippen molar-refractivity contribution >= 4 is 45.7 Å². The zero-order valence-corrected chi connectivity index (χ0v) is 20.6. The number of benzene rings is 1. The van der Waals surface area contributed by atoms with Gasteiger partial charge in [-0.2, -0.15) is 0 Å². The van der Waals surface area contributed by atoms with E-state index in [2.05, 4.69) is 39.6 Å². The van der Waals surface area contributed by atoms with E-state index in [9.17, 15) is 13.2 Å². The average molecular weight is 550 g/mol. The maximum atomic E-state index is 12.1. The SMILES string of the molecule is CN=C(NCCC(=O)NC1CCS(=O)(=O)C1)N1CCOC(c2ccccc2C)C1.I. The lowest BCUT2D eigenvalue weighted by Gasteiger charge is -2.35. The van der Waals surface area contributed by atoms with Crippen LogP contribution in [-0.4, -0.2) is 76.0 Å². The molecule has 8 nitrogen and oxygen atoms in total. The number of amides is 1. The fourth-order valence-electron chi connectivity index (χ4n) is 3.81. The molecule has 2 N–H and O–H groups in total. The molecular weight excluding hydrogens is 519 g/mol. The van der Waals surface area contributed by atoms with Gasteiger partial charge in [0.25, 0.3) is 0 Å². The number of aliphatic imine (C=N–C) groups is 1. The molecule has 0 aromatic heterocycles. The van der Waals surface area contributed by atoms with Gasteiger partial charge in [-0.15, -0.1) is 24.0 Å². The largest absolute Gasteiger partial charge is 0.370 e. The molecule has 1 aromatic carbocycles. The summed E-state index contributed by atoms with van der Waals surface area (Å²) < 4.78 is 29.0. The summed E-state index contributed by atoms with van der Waals surface area (Å²) in [5.74, 6) is 0.794. The topological polar surface area (TPSA) is 100 Å². The Kier molecular flexibility index (Phi) is 9.35. The van der Waals surface area contributed by atoms with Crippen LogP contribution < -0.4 is 10.6 Å². The third-order valence-corrected chi connectivity index (χ3v) is 7.11. The van der Waals surface area contributed by atoms with Gasteiger partial charge in [-0.25, -0.2) is 8.42 Å². The molecule has 10 heteroatoms. The van der Waals surface area contributed by atoms with Crippen molar-refractivity contribution in [1.82, 2.24) is 15.5 Å². The second-order valence-corrected chi connectivity index (χ2v) is 9.78. The van der Waals surface area contributed by atoms with E-state index in [1.54, 1.807) is 7.05 Å². The van der Waals surface area contributed by atoms with E-state index in [1.165, 1.54) is 11.1 Å². The van der Waals surface area contributed by atoms with Crippen molar-refractivity contribution in [3.05, 3.63) is 35.4 Å². The number of ether oxygens (including phenoxy) is 1. The zero-order chi connectivity index (χ0) is 20.9. The molecule has 2 aliphatic heterocycles. The van der Waals surface area contributed by atoms with E-state index in [0.29, 0.717) is 26.1 Å². The van der Waals surface area contributed by atoms with Crippen LogP contribution in [0.1, 0.15) is 30.1 Å². The fourth-order valence-corrected chi connectivity index (χ4v) is 5.48. The van der Waals surface area contributed by atoms with Crippen LogP contribution in [0.25, 0.3) is 0 Å². The van der Waals surface area contributed by atoms with Crippen LogP contribution in [0.4, 0.5) is 0 Å². The summed E-state index contributed by atoms with van der Waals surface area (Å²) in [6, 6.07) is 7.95. The van der Waals surface area contributed by atoms with Crippen LogP contribution in [0.3, 0.4) is 0 Å². The molecule has 168 valence electrons. The molecule has 0 saturated carbocycles. The summed E-state index contributed by atoms with van der Waals surface area (Å²) in [7, 11) is -1.27. The van der Waals surface area contributed by atoms with Crippen molar-refractivity contribution in [3.8, 4) is 0 Å². The number of carbonyl (C=O) groups is 1. The number of rotatable bonds is 5. The Morgan fingerprint density at radius 1 is 1.33 bits per heavy atom. The molecule has 2 aliphatic rings. The van der Waals surface area contributed by atoms with Crippen molar-refractivity contribution in [3.63, 3.8) is 0 Å². The lowest BCUT2D eigenvalue weighted by molar-refractivity contribution is -0.121. The quantitative estimate of drug-likeness (QED) is 0.326. The number of aryl methyl sites for hydroxylation is 1. The van der Waals surface area contributed by atoms with Gasteiger partial charge in [0.1, 0.15) is 6.10 Å². The maximum absolute atomic E-state index is 12.1. The number of carbonyl (C=O) groups excluding carboxylic acids is 1. The number of nitrogens with zero attached hydrogens (tertiary/aromatic N) is 2. The number of morpholine rings is 1. The van der Waals surface area contributed by atoms with Crippen molar-refractivity contribution in [2.75, 3.05) is 44.8 Å². The fraction of sp³-hybridized carbons (Fsp3) is 0.600. The standard InChI is InChI=1S/C20H30N4O4S.HI/c1-15-5-3-4-6-17(15)18-13-24(10-11-28-18)20(21-2)22-9-7-19(25)23-16-8-12-29(26,27)14-16;/h3-6,16,18H,7-14H2,1-2H3,(H,21,22)(H,23,25);1H. The van der Waals surface area contributed by atoms with Crippen LogP contribution in [0.5, 0.6) is 0 Å². The average Bonchev–Trinajstić information content (AvgIpc) is 3.04. The zero-order valence-electron chi connectivity index (χ0n) is 17.5. The van der Waals surface area contributed by atoms with Crippen LogP contribution >= 0.6 is 24.0 Å². The molecule has 3 rings (SSSR count). The summed E-state index contributed by atoms with van der Waals surface area (Å²) >= 11 is 0. The molecule has 0 spiro atoms. The van der Waals surface area contributed by atoms with E-state index < -0.39 is 9.84 Å². The van der Waals surface area contributed by atoms with E-state index in [-0.39, 0.29) is 60.0 Å². The Bertz CT molecular complexity index is 862. The van der Waals surface area contributed by atoms with Gasteiger partial charge in [0.2, 0.25) is 5.91 Å². The Morgan fingerprint density at radius 3 is 2.77 bits per heavy atom. The normalized spacial score (nSPS) is 23.5. The highest BCUT2D eigenvalue weighted by molar-refractivity contribution is 14.0. The second kappa shape index (κ2) is 11.3. The summed E-state index contributed by atoms with van der Waals surface area (Å²) in [5.41, 5.74) is 2.38. The third-order valence-electron chi connectivity index (χ3n) is 5.35. The number of hydrogen-bond acceptors (Lipinski definition) is 5. The van der Waals surface area contributed by atoms with Crippen LogP contribution in [0.15, 0.2) is 29.3 Å². The minimum Gasteiger partial charge on any atom is -0.370 e. The van der Waals surface area contributed by atoms with E-state index >= 15 is 0 Å². The van der Waals surface area contributed by atoms with Gasteiger partial charge in [-0.05, 0) is 24.5 Å². The summed E-state index contributed by atoms with van der Waals surface area (Å²) in [5, 5.41) is 6.05. The van der Waals surface area contributed by atoms with Crippen molar-refractivity contribution in [1.29, 1.82) is 0 Å². The highest BCUT2D eigenvalue weighted by Gasteiger charge is 2.29. The number of nitrogens with one attached hydrogen (secondary N) is 2. The second-order valence-electron chi connectivity index (χ2n) is 7.55. The van der Waals surface area contributed by atoms with Crippen LogP contribution in [0, 0.1) is 6.92 Å². The van der Waals surface area contributed by atoms with Crippen molar-refractivity contribution < 1.29 is 17.9 Å². The third kappa shape index (κ3) is 6.81. The van der Waals surface area contributed by atoms with Gasteiger partial charge in [-0.3, -0.25) is 9.79 Å². The van der Waals surface area contributed by atoms with Gasteiger partial charge < -0.3 is 20.3 Å². The Labute approximate surface area is 195 Å². The minimum atomic E-state index is -2.99. The first kappa shape index (κ1) is 24.9. The van der Waals surface area contributed by atoms with Gasteiger partial charge in [0, 0.05) is 32.6 Å². The summed E-state index contributed by atoms with van der Waals surface area (Å²) in [6.07, 6.45) is 0.745. The lowest BCUT2D eigenvalue weighted by Crippen LogP contribution is -2.49. The number of hydrogen-bond donors (Lipinski definition) is 2. The smallest absolute Gasteiger partial charge is 0.222 e. The molecule has 2 atom stereocenters. The molecule has 2 saturated heterocycles. The molecule has 1 aromatic rings. The highest BCUT2D eigenvalue weighted by atomic mass is 127. The maximum Gasteiger partial charge on any atom is 0.222 e. The van der Waals surface area contributed by atoms with E-state index in [0.717, 1.165) is 12.5 Å². The first-order valence-corrected chi connectivity index (χ1v) is 11.8. The molecule has 2 heterocycles. The molecule has 0 bridgehead atoms. The molecule has 30 heavy (non-hydrogen) atoms. The number of guanidine groups is 1. The Balaban J connectivity index is 0.00000320. The van der Waals surface area contributed by atoms with Gasteiger partial charge in [0.05, 0.1) is 24.7 Å². The monoisotopic (exact) mass is 550 g/mol. The molecule has 2 fully saturated rings. The van der Waals surface area contributed by atoms with Gasteiger partial charge >= 0.3 is 0 Å². The van der Waals surface area contributed by atoms with Crippen molar-refractivity contribution in [2.24, 2.45) is 4.99 Å². The summed E-state index contributed by atoms with van der Waals surface area (Å²) in [6.45, 7) is 4.55. The van der Waals surface area contributed by atoms with E-state index in [1.807, 2.05) is 12.1 Å². The molecule has 2 unspecified atom stereocenters. The molecule has 0 radical (unpaired) electrons. The highest BCUT2D eigenvalue weighted by Crippen LogP contribution is 2.24. The molecule has 0 aliphatic carbocycles. The predicted molar refractivity (Wildman–Crippen MR) is 128 cm³/mol. The number of sulfone groups is 1. The van der Waals surface area contributed by atoms with Gasteiger partial charge in [-0.1, -0.05) is 24.3 Å². The van der Waals surface area contributed by atoms with Crippen LogP contribution in [0.2, 0.25) is 0 Å². The Hall–Kier alpha value is -1.40. The van der Waals surface area contributed by atoms with E-state index in [4.69, 9.17) is 4.74 Å². The molecular formula is C20H31IN4O4S.